The van der Waals surface area contributed by atoms with Crippen LogP contribution in [0.5, 0.6) is 0 Å². The van der Waals surface area contributed by atoms with Crippen molar-refractivity contribution >= 4 is 5.91 Å². The maximum Gasteiger partial charge on any atom is 0.285 e. The second-order valence-corrected chi connectivity index (χ2v) is 6.15. The molecule has 1 unspecified atom stereocenters. The molecule has 1 amide bonds. The van der Waals surface area contributed by atoms with Crippen LogP contribution in [0, 0.1) is 25.2 Å². The molecule has 0 spiro atoms. The molecule has 0 aliphatic heterocycles. The van der Waals surface area contributed by atoms with Crippen molar-refractivity contribution < 1.29 is 4.79 Å². The molecule has 6 heteroatoms. The van der Waals surface area contributed by atoms with E-state index in [1.807, 2.05) is 31.2 Å². The van der Waals surface area contributed by atoms with Crippen molar-refractivity contribution in [3.63, 3.8) is 0 Å². The van der Waals surface area contributed by atoms with Gasteiger partial charge in [0.15, 0.2) is 0 Å². The van der Waals surface area contributed by atoms with Gasteiger partial charge in [0, 0.05) is 6.04 Å². The van der Waals surface area contributed by atoms with E-state index in [1.165, 1.54) is 5.56 Å². The number of nitriles is 1. The molecule has 0 radical (unpaired) electrons. The van der Waals surface area contributed by atoms with Gasteiger partial charge >= 0.3 is 0 Å². The monoisotopic (exact) mass is 338 g/mol. The minimum absolute atomic E-state index is 0.0228. The Morgan fingerprint density at radius 3 is 2.64 bits per heavy atom. The lowest BCUT2D eigenvalue weighted by Crippen LogP contribution is -2.39. The number of amides is 1. The molecule has 1 heterocycles. The molecule has 0 fully saturated rings. The van der Waals surface area contributed by atoms with Gasteiger partial charge < -0.3 is 5.32 Å². The molecule has 2 aromatic rings. The number of carbonyl (C=O) groups excluding carboxylic acids is 1. The number of aromatic nitrogens is 2. The Hall–Kier alpha value is -2.94. The number of carbonyl (C=O) groups is 1. The Labute approximate surface area is 147 Å². The van der Waals surface area contributed by atoms with E-state index in [-0.39, 0.29) is 24.1 Å². The van der Waals surface area contributed by atoms with Gasteiger partial charge in [-0.3, -0.25) is 9.59 Å². The number of nitrogens with one attached hydrogen (secondary N) is 1. The van der Waals surface area contributed by atoms with Crippen LogP contribution < -0.4 is 10.9 Å². The molecule has 0 aliphatic rings. The first-order chi connectivity index (χ1) is 11.9. The van der Waals surface area contributed by atoms with Crippen LogP contribution in [0.25, 0.3) is 0 Å². The highest BCUT2D eigenvalue weighted by Gasteiger charge is 2.15. The first-order valence-corrected chi connectivity index (χ1v) is 8.24. The van der Waals surface area contributed by atoms with E-state index in [1.54, 1.807) is 13.8 Å². The quantitative estimate of drug-likeness (QED) is 0.871. The van der Waals surface area contributed by atoms with E-state index in [4.69, 9.17) is 5.26 Å². The summed E-state index contributed by atoms with van der Waals surface area (Å²) in [5.41, 5.74) is 1.85. The number of nitrogens with zero attached hydrogens (tertiary/aromatic N) is 3. The zero-order valence-electron chi connectivity index (χ0n) is 14.7. The first-order valence-electron chi connectivity index (χ1n) is 8.24. The van der Waals surface area contributed by atoms with Crippen LogP contribution in [0.15, 0.2) is 35.1 Å². The summed E-state index contributed by atoms with van der Waals surface area (Å²) in [4.78, 5) is 24.4. The molecule has 1 aromatic carbocycles. The Balaban J connectivity index is 1.97. The predicted molar refractivity (Wildman–Crippen MR) is 95.1 cm³/mol. The third kappa shape index (κ3) is 4.77. The second-order valence-electron chi connectivity index (χ2n) is 6.15. The van der Waals surface area contributed by atoms with Gasteiger partial charge in [-0.25, -0.2) is 4.68 Å². The molecule has 130 valence electrons. The van der Waals surface area contributed by atoms with Crippen LogP contribution in [0.4, 0.5) is 0 Å². The van der Waals surface area contributed by atoms with E-state index in [2.05, 4.69) is 22.5 Å². The fraction of sp³-hybridized carbons (Fsp3) is 0.368. The number of hydrogen-bond acceptors (Lipinski definition) is 4. The summed E-state index contributed by atoms with van der Waals surface area (Å²) in [5.74, 6) is -0.290. The van der Waals surface area contributed by atoms with E-state index >= 15 is 0 Å². The highest BCUT2D eigenvalue weighted by Crippen LogP contribution is 2.06. The Morgan fingerprint density at radius 1 is 1.32 bits per heavy atom. The molecule has 2 rings (SSSR count). The molecule has 0 bridgehead atoms. The summed E-state index contributed by atoms with van der Waals surface area (Å²) in [5, 5.41) is 16.1. The van der Waals surface area contributed by atoms with Gasteiger partial charge in [0.05, 0.1) is 5.69 Å². The lowest BCUT2D eigenvalue weighted by Gasteiger charge is -2.15. The molecule has 1 N–H and O–H groups in total. The Bertz CT molecular complexity index is 850. The van der Waals surface area contributed by atoms with Gasteiger partial charge in [0.1, 0.15) is 18.2 Å². The number of benzene rings is 1. The lowest BCUT2D eigenvalue weighted by atomic mass is 10.1. The zero-order valence-corrected chi connectivity index (χ0v) is 14.7. The largest absolute Gasteiger partial charge is 0.352 e. The SMILES string of the molecule is Cc1nn(CC(=O)NC(C)CCc2ccccc2)c(=O)c(C#N)c1C. The highest BCUT2D eigenvalue weighted by molar-refractivity contribution is 5.75. The molecule has 0 aliphatic carbocycles. The van der Waals surface area contributed by atoms with Gasteiger partial charge in [-0.05, 0) is 44.7 Å². The van der Waals surface area contributed by atoms with Crippen LogP contribution in [-0.4, -0.2) is 21.7 Å². The van der Waals surface area contributed by atoms with Crippen molar-refractivity contribution in [1.82, 2.24) is 15.1 Å². The van der Waals surface area contributed by atoms with Crippen LogP contribution in [0.1, 0.15) is 35.7 Å². The van der Waals surface area contributed by atoms with Crippen molar-refractivity contribution in [2.75, 3.05) is 0 Å². The molecule has 6 nitrogen and oxygen atoms in total. The maximum absolute atomic E-state index is 12.2. The zero-order chi connectivity index (χ0) is 18.4. The van der Waals surface area contributed by atoms with Crippen LogP contribution in [-0.2, 0) is 17.8 Å². The second kappa shape index (κ2) is 8.25. The lowest BCUT2D eigenvalue weighted by molar-refractivity contribution is -0.122. The normalized spacial score (nSPS) is 11.6. The predicted octanol–water partition coefficient (Wildman–Crippen LogP) is 1.87. The van der Waals surface area contributed by atoms with E-state index < -0.39 is 5.56 Å². The topological polar surface area (TPSA) is 87.8 Å². The van der Waals surface area contributed by atoms with E-state index in [0.29, 0.717) is 11.3 Å². The van der Waals surface area contributed by atoms with Crippen LogP contribution in [0.2, 0.25) is 0 Å². The molecule has 1 atom stereocenters. The fourth-order valence-corrected chi connectivity index (χ4v) is 2.57. The number of hydrogen-bond donors (Lipinski definition) is 1. The van der Waals surface area contributed by atoms with Gasteiger partial charge in [0.25, 0.3) is 5.56 Å². The molecule has 0 saturated carbocycles. The van der Waals surface area contributed by atoms with Gasteiger partial charge in [-0.1, -0.05) is 30.3 Å². The standard InChI is InChI=1S/C19H22N4O2/c1-13(9-10-16-7-5-4-6-8-16)21-18(24)12-23-19(25)17(11-20)14(2)15(3)22-23/h4-8,13H,9-10,12H2,1-3H3,(H,21,24). The summed E-state index contributed by atoms with van der Waals surface area (Å²) in [6, 6.07) is 11.9. The number of rotatable bonds is 6. The third-order valence-electron chi connectivity index (χ3n) is 4.16. The Morgan fingerprint density at radius 2 is 2.00 bits per heavy atom. The highest BCUT2D eigenvalue weighted by atomic mass is 16.2. The summed E-state index contributed by atoms with van der Waals surface area (Å²) in [7, 11) is 0. The first kappa shape index (κ1) is 18.4. The smallest absolute Gasteiger partial charge is 0.285 e. The summed E-state index contributed by atoms with van der Waals surface area (Å²) in [6.07, 6.45) is 1.66. The molecule has 25 heavy (non-hydrogen) atoms. The Kier molecular flexibility index (Phi) is 6.07. The van der Waals surface area contributed by atoms with E-state index in [9.17, 15) is 9.59 Å². The molecule has 0 saturated heterocycles. The van der Waals surface area contributed by atoms with E-state index in [0.717, 1.165) is 17.5 Å². The maximum atomic E-state index is 12.2. The minimum Gasteiger partial charge on any atom is -0.352 e. The van der Waals surface area contributed by atoms with Crippen molar-refractivity contribution in [2.45, 2.75) is 46.2 Å². The molecular formula is C19H22N4O2. The summed E-state index contributed by atoms with van der Waals surface area (Å²) >= 11 is 0. The van der Waals surface area contributed by atoms with Gasteiger partial charge in [0.2, 0.25) is 5.91 Å². The summed E-state index contributed by atoms with van der Waals surface area (Å²) in [6.45, 7) is 5.13. The minimum atomic E-state index is -0.530. The average molecular weight is 338 g/mol. The number of aryl methyl sites for hydroxylation is 2. The van der Waals surface area contributed by atoms with Crippen LogP contribution >= 0.6 is 0 Å². The average Bonchev–Trinajstić information content (AvgIpc) is 2.59. The fourth-order valence-electron chi connectivity index (χ4n) is 2.57. The van der Waals surface area contributed by atoms with Crippen molar-refractivity contribution in [3.05, 3.63) is 63.1 Å². The van der Waals surface area contributed by atoms with Gasteiger partial charge in [-0.15, -0.1) is 0 Å². The van der Waals surface area contributed by atoms with Gasteiger partial charge in [-0.2, -0.15) is 10.4 Å². The molecule has 1 aromatic heterocycles. The summed E-state index contributed by atoms with van der Waals surface area (Å²) < 4.78 is 1.06. The third-order valence-corrected chi connectivity index (χ3v) is 4.16. The van der Waals surface area contributed by atoms with Crippen LogP contribution in [0.3, 0.4) is 0 Å². The molecular weight excluding hydrogens is 316 g/mol. The van der Waals surface area contributed by atoms with Crippen molar-refractivity contribution in [1.29, 1.82) is 5.26 Å². The van der Waals surface area contributed by atoms with Crippen molar-refractivity contribution in [2.24, 2.45) is 0 Å². The van der Waals surface area contributed by atoms with Crippen molar-refractivity contribution in [3.8, 4) is 6.07 Å².